The molecule has 0 aliphatic heterocycles. The van der Waals surface area contributed by atoms with E-state index in [1.54, 1.807) is 6.07 Å². The van der Waals surface area contributed by atoms with E-state index in [0.717, 1.165) is 35.0 Å². The molecule has 4 nitrogen and oxygen atoms in total. The van der Waals surface area contributed by atoms with E-state index in [1.165, 1.54) is 0 Å². The van der Waals surface area contributed by atoms with Gasteiger partial charge in [0.15, 0.2) is 0 Å². The van der Waals surface area contributed by atoms with Crippen molar-refractivity contribution < 1.29 is 9.32 Å². The van der Waals surface area contributed by atoms with Crippen LogP contribution in [0.2, 0.25) is 0 Å². The van der Waals surface area contributed by atoms with Crippen LogP contribution in [0.1, 0.15) is 35.0 Å². The molecule has 1 amide bonds. The van der Waals surface area contributed by atoms with Gasteiger partial charge in [-0.1, -0.05) is 24.2 Å². The molecule has 1 heterocycles. The Bertz CT molecular complexity index is 651. The van der Waals surface area contributed by atoms with Crippen molar-refractivity contribution in [3.63, 3.8) is 0 Å². The van der Waals surface area contributed by atoms with E-state index in [1.807, 2.05) is 18.2 Å². The van der Waals surface area contributed by atoms with Gasteiger partial charge >= 0.3 is 0 Å². The maximum Gasteiger partial charge on any atom is 0.259 e. The first-order valence-corrected chi connectivity index (χ1v) is 7.47. The molecule has 5 heteroatoms. The summed E-state index contributed by atoms with van der Waals surface area (Å²) in [5, 5.41) is 6.89. The van der Waals surface area contributed by atoms with E-state index in [-0.39, 0.29) is 5.91 Å². The molecule has 0 fully saturated rings. The monoisotopic (exact) mass is 334 g/mol. The summed E-state index contributed by atoms with van der Waals surface area (Å²) < 4.78 is 6.06. The van der Waals surface area contributed by atoms with Gasteiger partial charge in [-0.2, -0.15) is 0 Å². The summed E-state index contributed by atoms with van der Waals surface area (Å²) in [6.45, 7) is 2.20. The first-order chi connectivity index (χ1) is 9.65. The average Bonchev–Trinajstić information content (AvgIpc) is 2.82. The molecule has 0 unspecified atom stereocenters. The van der Waals surface area contributed by atoms with Gasteiger partial charge in [0.1, 0.15) is 0 Å². The molecule has 0 bridgehead atoms. The molecule has 0 saturated carbocycles. The number of aromatic nitrogens is 1. The summed E-state index contributed by atoms with van der Waals surface area (Å²) >= 11 is 3.38. The zero-order valence-corrected chi connectivity index (χ0v) is 12.7. The molecule has 1 N–H and O–H groups in total. The van der Waals surface area contributed by atoms with Crippen LogP contribution in [-0.4, -0.2) is 11.1 Å². The number of anilines is 1. The lowest BCUT2D eigenvalue weighted by Crippen LogP contribution is -2.16. The lowest BCUT2D eigenvalue weighted by Gasteiger charge is -2.16. The van der Waals surface area contributed by atoms with Crippen LogP contribution < -0.4 is 5.32 Å². The van der Waals surface area contributed by atoms with Gasteiger partial charge in [-0.15, -0.1) is 0 Å². The van der Waals surface area contributed by atoms with Crippen LogP contribution >= 0.6 is 15.9 Å². The largest absolute Gasteiger partial charge is 0.338 e. The number of benzene rings is 1. The first kappa shape index (κ1) is 13.4. The van der Waals surface area contributed by atoms with Crippen molar-refractivity contribution >= 4 is 27.7 Å². The van der Waals surface area contributed by atoms with Crippen molar-refractivity contribution in [1.82, 2.24) is 5.16 Å². The van der Waals surface area contributed by atoms with Gasteiger partial charge in [0.25, 0.3) is 5.91 Å². The SMILES string of the molecule is C[C@H]1CCc2noc(NC(=O)c3ccccc3Br)c2C1. The molecule has 3 rings (SSSR count). The maximum atomic E-state index is 12.3. The Labute approximate surface area is 125 Å². The van der Waals surface area contributed by atoms with Gasteiger partial charge in [0.05, 0.1) is 11.3 Å². The molecule has 20 heavy (non-hydrogen) atoms. The van der Waals surface area contributed by atoms with Crippen LogP contribution in [0.25, 0.3) is 0 Å². The third-order valence-electron chi connectivity index (χ3n) is 3.64. The number of nitrogens with one attached hydrogen (secondary N) is 1. The van der Waals surface area contributed by atoms with Gasteiger partial charge in [-0.05, 0) is 53.2 Å². The lowest BCUT2D eigenvalue weighted by atomic mass is 9.89. The number of hydrogen-bond donors (Lipinski definition) is 1. The maximum absolute atomic E-state index is 12.3. The molecule has 0 radical (unpaired) electrons. The molecule has 0 spiro atoms. The van der Waals surface area contributed by atoms with E-state index in [2.05, 4.69) is 33.3 Å². The highest BCUT2D eigenvalue weighted by atomic mass is 79.9. The number of carbonyl (C=O) groups excluding carboxylic acids is 1. The predicted octanol–water partition coefficient (Wildman–Crippen LogP) is 3.81. The number of hydrogen-bond acceptors (Lipinski definition) is 3. The summed E-state index contributed by atoms with van der Waals surface area (Å²) in [7, 11) is 0. The fourth-order valence-corrected chi connectivity index (χ4v) is 2.96. The van der Waals surface area contributed by atoms with Crippen molar-refractivity contribution in [1.29, 1.82) is 0 Å². The van der Waals surface area contributed by atoms with E-state index in [4.69, 9.17) is 4.52 Å². The fourth-order valence-electron chi connectivity index (χ4n) is 2.50. The van der Waals surface area contributed by atoms with Crippen LogP contribution in [0.3, 0.4) is 0 Å². The quantitative estimate of drug-likeness (QED) is 0.908. The van der Waals surface area contributed by atoms with Gasteiger partial charge in [0.2, 0.25) is 5.88 Å². The fraction of sp³-hybridized carbons (Fsp3) is 0.333. The molecular weight excluding hydrogens is 320 g/mol. The normalized spacial score (nSPS) is 17.6. The number of nitrogens with zero attached hydrogens (tertiary/aromatic N) is 1. The second kappa shape index (κ2) is 5.40. The second-order valence-corrected chi connectivity index (χ2v) is 6.07. The van der Waals surface area contributed by atoms with Crippen LogP contribution in [-0.2, 0) is 12.8 Å². The second-order valence-electron chi connectivity index (χ2n) is 5.22. The van der Waals surface area contributed by atoms with Gasteiger partial charge in [-0.25, -0.2) is 0 Å². The van der Waals surface area contributed by atoms with Crippen LogP contribution in [0.4, 0.5) is 5.88 Å². The summed E-state index contributed by atoms with van der Waals surface area (Å²) in [5.74, 6) is 0.906. The van der Waals surface area contributed by atoms with Crippen LogP contribution in [0.15, 0.2) is 33.3 Å². The number of amides is 1. The minimum Gasteiger partial charge on any atom is -0.338 e. The molecule has 1 aromatic heterocycles. The van der Waals surface area contributed by atoms with Gasteiger partial charge in [-0.3, -0.25) is 10.1 Å². The van der Waals surface area contributed by atoms with Crippen molar-refractivity contribution in [2.24, 2.45) is 5.92 Å². The molecule has 0 saturated heterocycles. The van der Waals surface area contributed by atoms with Crippen molar-refractivity contribution in [2.45, 2.75) is 26.2 Å². The zero-order valence-electron chi connectivity index (χ0n) is 11.1. The molecule has 1 aliphatic rings. The smallest absolute Gasteiger partial charge is 0.259 e. The van der Waals surface area contributed by atoms with Crippen LogP contribution in [0, 0.1) is 5.92 Å². The molecule has 2 aromatic rings. The third kappa shape index (κ3) is 2.50. The summed E-state index contributed by atoms with van der Waals surface area (Å²) in [5.41, 5.74) is 2.61. The minimum atomic E-state index is -0.186. The summed E-state index contributed by atoms with van der Waals surface area (Å²) in [6.07, 6.45) is 2.95. The van der Waals surface area contributed by atoms with E-state index < -0.39 is 0 Å². The Morgan fingerprint density at radius 3 is 3.05 bits per heavy atom. The number of aryl methyl sites for hydroxylation is 1. The van der Waals surface area contributed by atoms with Crippen molar-refractivity contribution in [3.8, 4) is 0 Å². The summed E-state index contributed by atoms with van der Waals surface area (Å²) in [4.78, 5) is 12.3. The Morgan fingerprint density at radius 1 is 1.45 bits per heavy atom. The first-order valence-electron chi connectivity index (χ1n) is 6.68. The Balaban J connectivity index is 1.84. The highest BCUT2D eigenvalue weighted by molar-refractivity contribution is 9.10. The number of halogens is 1. The zero-order chi connectivity index (χ0) is 14.1. The average molecular weight is 335 g/mol. The topological polar surface area (TPSA) is 55.1 Å². The standard InChI is InChI=1S/C15H15BrN2O2/c1-9-6-7-13-11(8-9)15(20-18-13)17-14(19)10-4-2-3-5-12(10)16/h2-5,9H,6-8H2,1H3,(H,17,19)/t9-/m0/s1. The Morgan fingerprint density at radius 2 is 2.25 bits per heavy atom. The Hall–Kier alpha value is -1.62. The lowest BCUT2D eigenvalue weighted by molar-refractivity contribution is 0.102. The van der Waals surface area contributed by atoms with E-state index >= 15 is 0 Å². The molecule has 1 aromatic carbocycles. The highest BCUT2D eigenvalue weighted by Crippen LogP contribution is 2.31. The van der Waals surface area contributed by atoms with Gasteiger partial charge < -0.3 is 4.52 Å². The minimum absolute atomic E-state index is 0.186. The molecule has 1 aliphatic carbocycles. The molecule has 104 valence electrons. The van der Waals surface area contributed by atoms with Crippen LogP contribution in [0.5, 0.6) is 0 Å². The molecular formula is C15H15BrN2O2. The van der Waals surface area contributed by atoms with Crippen molar-refractivity contribution in [2.75, 3.05) is 5.32 Å². The third-order valence-corrected chi connectivity index (χ3v) is 4.33. The highest BCUT2D eigenvalue weighted by Gasteiger charge is 2.24. The number of carbonyl (C=O) groups is 1. The molecule has 1 atom stereocenters. The van der Waals surface area contributed by atoms with E-state index in [0.29, 0.717) is 17.4 Å². The van der Waals surface area contributed by atoms with Crippen molar-refractivity contribution in [3.05, 3.63) is 45.6 Å². The predicted molar refractivity (Wildman–Crippen MR) is 79.8 cm³/mol. The van der Waals surface area contributed by atoms with E-state index in [9.17, 15) is 4.79 Å². The Kier molecular flexibility index (Phi) is 3.61. The summed E-state index contributed by atoms with van der Waals surface area (Å²) in [6, 6.07) is 7.31. The number of fused-ring (bicyclic) bond motifs is 1. The number of rotatable bonds is 2. The van der Waals surface area contributed by atoms with Gasteiger partial charge in [0, 0.05) is 10.0 Å².